The molecule has 1 aliphatic rings. The van der Waals surface area contributed by atoms with Crippen molar-refractivity contribution in [3.63, 3.8) is 0 Å². The van der Waals surface area contributed by atoms with Gasteiger partial charge in [0.25, 0.3) is 0 Å². The second-order valence-electron chi connectivity index (χ2n) is 6.63. The van der Waals surface area contributed by atoms with E-state index in [9.17, 15) is 0 Å². The van der Waals surface area contributed by atoms with Crippen molar-refractivity contribution in [1.82, 2.24) is 15.5 Å². The predicted molar refractivity (Wildman–Crippen MR) is 98.6 cm³/mol. The quantitative estimate of drug-likeness (QED) is 0.626. The van der Waals surface area contributed by atoms with Gasteiger partial charge in [0.05, 0.1) is 0 Å². The normalized spacial score (nSPS) is 17.3. The highest BCUT2D eigenvalue weighted by Crippen LogP contribution is 2.18. The van der Waals surface area contributed by atoms with E-state index in [0.717, 1.165) is 37.9 Å². The topological polar surface area (TPSA) is 39.7 Å². The van der Waals surface area contributed by atoms with Crippen LogP contribution >= 0.6 is 0 Å². The standard InChI is InChI=1S/C19H32N4/c1-4-10-21-19(20-3)22-14-17-6-5-7-18(13-17)15-23-11-8-16(2)9-12-23/h5-7,13,16H,4,8-12,14-15H2,1-3H3,(H2,20,21,22). The van der Waals surface area contributed by atoms with E-state index in [2.05, 4.69) is 58.6 Å². The van der Waals surface area contributed by atoms with E-state index in [1.165, 1.54) is 37.1 Å². The lowest BCUT2D eigenvalue weighted by atomic mass is 9.98. The van der Waals surface area contributed by atoms with Crippen LogP contribution in [0.2, 0.25) is 0 Å². The Hall–Kier alpha value is -1.55. The van der Waals surface area contributed by atoms with Crippen LogP contribution in [-0.4, -0.2) is 37.5 Å². The molecule has 1 aliphatic heterocycles. The highest BCUT2D eigenvalue weighted by molar-refractivity contribution is 5.79. The molecule has 2 N–H and O–H groups in total. The first-order chi connectivity index (χ1) is 11.2. The van der Waals surface area contributed by atoms with E-state index < -0.39 is 0 Å². The second-order valence-corrected chi connectivity index (χ2v) is 6.63. The van der Waals surface area contributed by atoms with Crippen LogP contribution in [0.5, 0.6) is 0 Å². The molecule has 0 aliphatic carbocycles. The Morgan fingerprint density at radius 2 is 1.96 bits per heavy atom. The lowest BCUT2D eigenvalue weighted by Gasteiger charge is -2.30. The van der Waals surface area contributed by atoms with Crippen molar-refractivity contribution < 1.29 is 0 Å². The number of hydrogen-bond acceptors (Lipinski definition) is 2. The number of hydrogen-bond donors (Lipinski definition) is 2. The van der Waals surface area contributed by atoms with Crippen molar-refractivity contribution in [2.75, 3.05) is 26.7 Å². The van der Waals surface area contributed by atoms with Crippen LogP contribution in [0.15, 0.2) is 29.3 Å². The van der Waals surface area contributed by atoms with E-state index in [1.54, 1.807) is 0 Å². The first-order valence-electron chi connectivity index (χ1n) is 8.96. The molecule has 4 heteroatoms. The van der Waals surface area contributed by atoms with Crippen molar-refractivity contribution in [2.24, 2.45) is 10.9 Å². The van der Waals surface area contributed by atoms with Gasteiger partial charge in [0, 0.05) is 26.7 Å². The lowest BCUT2D eigenvalue weighted by molar-refractivity contribution is 0.185. The van der Waals surface area contributed by atoms with E-state index in [-0.39, 0.29) is 0 Å². The number of rotatable bonds is 6. The molecule has 1 saturated heterocycles. The molecule has 4 nitrogen and oxygen atoms in total. The van der Waals surface area contributed by atoms with Gasteiger partial charge in [-0.25, -0.2) is 0 Å². The molecule has 0 amide bonds. The summed E-state index contributed by atoms with van der Waals surface area (Å²) in [6.07, 6.45) is 3.77. The summed E-state index contributed by atoms with van der Waals surface area (Å²) in [5, 5.41) is 6.69. The summed E-state index contributed by atoms with van der Waals surface area (Å²) in [7, 11) is 1.82. The monoisotopic (exact) mass is 316 g/mol. The van der Waals surface area contributed by atoms with Crippen LogP contribution in [0.25, 0.3) is 0 Å². The number of nitrogens with one attached hydrogen (secondary N) is 2. The maximum absolute atomic E-state index is 4.25. The molecule has 1 aromatic carbocycles. The Morgan fingerprint density at radius 3 is 2.65 bits per heavy atom. The number of aliphatic imine (C=N–C) groups is 1. The van der Waals surface area contributed by atoms with E-state index in [1.807, 2.05) is 7.05 Å². The van der Waals surface area contributed by atoms with E-state index in [4.69, 9.17) is 0 Å². The Balaban J connectivity index is 1.84. The largest absolute Gasteiger partial charge is 0.356 e. The van der Waals surface area contributed by atoms with Crippen LogP contribution in [0.3, 0.4) is 0 Å². The molecular formula is C19H32N4. The highest BCUT2D eigenvalue weighted by atomic mass is 15.2. The zero-order chi connectivity index (χ0) is 16.5. The summed E-state index contributed by atoms with van der Waals surface area (Å²) in [5.41, 5.74) is 2.72. The highest BCUT2D eigenvalue weighted by Gasteiger charge is 2.15. The third-order valence-electron chi connectivity index (χ3n) is 4.50. The minimum Gasteiger partial charge on any atom is -0.356 e. The third-order valence-corrected chi connectivity index (χ3v) is 4.50. The van der Waals surface area contributed by atoms with Crippen LogP contribution in [0.4, 0.5) is 0 Å². The number of piperidine rings is 1. The number of nitrogens with zero attached hydrogens (tertiary/aromatic N) is 2. The van der Waals surface area contributed by atoms with Gasteiger partial charge in [-0.1, -0.05) is 38.1 Å². The fourth-order valence-electron chi connectivity index (χ4n) is 2.97. The fraction of sp³-hybridized carbons (Fsp3) is 0.632. The number of guanidine groups is 1. The summed E-state index contributed by atoms with van der Waals surface area (Å²) >= 11 is 0. The van der Waals surface area contributed by atoms with E-state index in [0.29, 0.717) is 0 Å². The third kappa shape index (κ3) is 6.22. The van der Waals surface area contributed by atoms with Gasteiger partial charge in [-0.15, -0.1) is 0 Å². The van der Waals surface area contributed by atoms with Crippen molar-refractivity contribution in [3.8, 4) is 0 Å². The Bertz CT molecular complexity index is 490. The molecule has 0 saturated carbocycles. The average molecular weight is 316 g/mol. The van der Waals surface area contributed by atoms with Gasteiger partial charge < -0.3 is 10.6 Å². The van der Waals surface area contributed by atoms with Gasteiger partial charge in [0.1, 0.15) is 0 Å². The Morgan fingerprint density at radius 1 is 1.22 bits per heavy atom. The molecular weight excluding hydrogens is 284 g/mol. The molecule has 0 spiro atoms. The Kier molecular flexibility index (Phi) is 7.40. The van der Waals surface area contributed by atoms with Crippen molar-refractivity contribution in [2.45, 2.75) is 46.2 Å². The van der Waals surface area contributed by atoms with Crippen LogP contribution in [0, 0.1) is 5.92 Å². The molecule has 0 aromatic heterocycles. The molecule has 1 aromatic rings. The molecule has 23 heavy (non-hydrogen) atoms. The Labute approximate surface area is 141 Å². The molecule has 0 radical (unpaired) electrons. The summed E-state index contributed by atoms with van der Waals surface area (Å²) in [6, 6.07) is 8.91. The number of likely N-dealkylation sites (tertiary alicyclic amines) is 1. The van der Waals surface area contributed by atoms with Crippen LogP contribution < -0.4 is 10.6 Å². The van der Waals surface area contributed by atoms with Crippen molar-refractivity contribution >= 4 is 5.96 Å². The van der Waals surface area contributed by atoms with Crippen molar-refractivity contribution in [3.05, 3.63) is 35.4 Å². The minimum atomic E-state index is 0.814. The molecule has 1 fully saturated rings. The minimum absolute atomic E-state index is 0.814. The molecule has 1 heterocycles. The number of benzene rings is 1. The fourth-order valence-corrected chi connectivity index (χ4v) is 2.97. The molecule has 128 valence electrons. The molecule has 0 atom stereocenters. The summed E-state index contributed by atoms with van der Waals surface area (Å²) in [5.74, 6) is 1.77. The first kappa shape index (κ1) is 17.8. The van der Waals surface area contributed by atoms with Gasteiger partial charge in [0.15, 0.2) is 5.96 Å². The van der Waals surface area contributed by atoms with Gasteiger partial charge in [-0.3, -0.25) is 9.89 Å². The van der Waals surface area contributed by atoms with E-state index >= 15 is 0 Å². The predicted octanol–water partition coefficient (Wildman–Crippen LogP) is 2.99. The van der Waals surface area contributed by atoms with Crippen molar-refractivity contribution in [1.29, 1.82) is 0 Å². The van der Waals surface area contributed by atoms with Crippen LogP contribution in [-0.2, 0) is 13.1 Å². The smallest absolute Gasteiger partial charge is 0.191 e. The maximum atomic E-state index is 4.25. The average Bonchev–Trinajstić information content (AvgIpc) is 2.57. The summed E-state index contributed by atoms with van der Waals surface area (Å²) in [4.78, 5) is 6.83. The van der Waals surface area contributed by atoms with Gasteiger partial charge in [0.2, 0.25) is 0 Å². The van der Waals surface area contributed by atoms with Gasteiger partial charge >= 0.3 is 0 Å². The second kappa shape index (κ2) is 9.56. The first-order valence-corrected chi connectivity index (χ1v) is 8.96. The lowest BCUT2D eigenvalue weighted by Crippen LogP contribution is -2.37. The van der Waals surface area contributed by atoms with Crippen LogP contribution in [0.1, 0.15) is 44.2 Å². The molecule has 2 rings (SSSR count). The molecule has 0 bridgehead atoms. The zero-order valence-electron chi connectivity index (χ0n) is 14.9. The summed E-state index contributed by atoms with van der Waals surface area (Å²) in [6.45, 7) is 9.83. The SMILES string of the molecule is CCCNC(=NC)NCc1cccc(CN2CCC(C)CC2)c1. The maximum Gasteiger partial charge on any atom is 0.191 e. The summed E-state index contributed by atoms with van der Waals surface area (Å²) < 4.78 is 0. The zero-order valence-corrected chi connectivity index (χ0v) is 14.9. The molecule has 0 unspecified atom stereocenters. The van der Waals surface area contributed by atoms with Gasteiger partial charge in [-0.05, 0) is 49.4 Å². The van der Waals surface area contributed by atoms with Gasteiger partial charge in [-0.2, -0.15) is 0 Å².